The normalized spacial score (nSPS) is 17.0. The third-order valence-electron chi connectivity index (χ3n) is 3.97. The van der Waals surface area contributed by atoms with E-state index in [0.29, 0.717) is 12.5 Å². The molecule has 0 radical (unpaired) electrons. The fraction of sp³-hybridized carbons (Fsp3) is 0.714. The van der Waals surface area contributed by atoms with Crippen molar-refractivity contribution >= 4 is 30.7 Å². The van der Waals surface area contributed by atoms with Crippen LogP contribution >= 0.6 is 24.8 Å². The zero-order chi connectivity index (χ0) is 13.8. The Bertz CT molecular complexity index is 456. The first-order valence-electron chi connectivity index (χ1n) is 7.07. The van der Waals surface area contributed by atoms with Gasteiger partial charge in [0.25, 0.3) is 0 Å². The lowest BCUT2D eigenvalue weighted by Gasteiger charge is -2.11. The molecule has 21 heavy (non-hydrogen) atoms. The number of hydrogen-bond acceptors (Lipinski definition) is 3. The van der Waals surface area contributed by atoms with Crippen LogP contribution < -0.4 is 10.6 Å². The molecule has 5 nitrogen and oxygen atoms in total. The molecule has 1 atom stereocenters. The molecule has 7 heteroatoms. The summed E-state index contributed by atoms with van der Waals surface area (Å²) in [7, 11) is 1.94. The molecule has 1 fully saturated rings. The van der Waals surface area contributed by atoms with Gasteiger partial charge in [-0.05, 0) is 45.2 Å². The summed E-state index contributed by atoms with van der Waals surface area (Å²) < 4.78 is 1.88. The summed E-state index contributed by atoms with van der Waals surface area (Å²) >= 11 is 0. The maximum Gasteiger partial charge on any atom is 0.220 e. The molecule has 122 valence electrons. The van der Waals surface area contributed by atoms with Gasteiger partial charge in [-0.1, -0.05) is 0 Å². The third-order valence-corrected chi connectivity index (χ3v) is 3.97. The van der Waals surface area contributed by atoms with Crippen LogP contribution in [0.25, 0.3) is 0 Å². The van der Waals surface area contributed by atoms with E-state index in [-0.39, 0.29) is 30.7 Å². The number of aromatic nitrogens is 2. The number of nitrogens with one attached hydrogen (secondary N) is 2. The number of halogens is 2. The lowest BCUT2D eigenvalue weighted by atomic mass is 10.1. The van der Waals surface area contributed by atoms with Crippen molar-refractivity contribution in [3.8, 4) is 0 Å². The molecule has 2 heterocycles. The SMILES string of the molecule is Cc1nn(C)c(C)c1CCC(=O)NCC1CCCN1.Cl.Cl. The Morgan fingerprint density at radius 3 is 2.67 bits per heavy atom. The number of amides is 1. The van der Waals surface area contributed by atoms with E-state index in [1.165, 1.54) is 18.4 Å². The van der Waals surface area contributed by atoms with Crippen LogP contribution in [0, 0.1) is 13.8 Å². The molecular weight excluding hydrogens is 311 g/mol. The van der Waals surface area contributed by atoms with Crippen LogP contribution in [0.15, 0.2) is 0 Å². The van der Waals surface area contributed by atoms with Gasteiger partial charge < -0.3 is 10.6 Å². The number of carbonyl (C=O) groups excluding carboxylic acids is 1. The Balaban J connectivity index is 0.00000200. The highest BCUT2D eigenvalue weighted by atomic mass is 35.5. The van der Waals surface area contributed by atoms with Crippen LogP contribution in [-0.4, -0.2) is 34.8 Å². The summed E-state index contributed by atoms with van der Waals surface area (Å²) in [5, 5.41) is 10.8. The van der Waals surface area contributed by atoms with Gasteiger partial charge in [-0.25, -0.2) is 0 Å². The van der Waals surface area contributed by atoms with Crippen molar-refractivity contribution in [1.82, 2.24) is 20.4 Å². The molecule has 0 aliphatic carbocycles. The molecule has 0 bridgehead atoms. The largest absolute Gasteiger partial charge is 0.355 e. The highest BCUT2D eigenvalue weighted by Crippen LogP contribution is 2.13. The highest BCUT2D eigenvalue weighted by molar-refractivity contribution is 5.85. The third kappa shape index (κ3) is 5.49. The van der Waals surface area contributed by atoms with Crippen molar-refractivity contribution in [3.63, 3.8) is 0 Å². The van der Waals surface area contributed by atoms with Gasteiger partial charge in [-0.15, -0.1) is 24.8 Å². The molecule has 2 rings (SSSR count). The van der Waals surface area contributed by atoms with Gasteiger partial charge in [0.15, 0.2) is 0 Å². The molecule has 0 saturated carbocycles. The van der Waals surface area contributed by atoms with E-state index in [4.69, 9.17) is 0 Å². The topological polar surface area (TPSA) is 59.0 Å². The van der Waals surface area contributed by atoms with Crippen LogP contribution in [0.1, 0.15) is 36.2 Å². The second kappa shape index (κ2) is 9.28. The van der Waals surface area contributed by atoms with Crippen molar-refractivity contribution < 1.29 is 4.79 Å². The Labute approximate surface area is 139 Å². The van der Waals surface area contributed by atoms with Gasteiger partial charge >= 0.3 is 0 Å². The molecule has 1 amide bonds. The molecule has 1 aromatic rings. The van der Waals surface area contributed by atoms with Crippen molar-refractivity contribution in [2.75, 3.05) is 13.1 Å². The number of aryl methyl sites for hydroxylation is 2. The summed E-state index contributed by atoms with van der Waals surface area (Å²) in [4.78, 5) is 11.8. The summed E-state index contributed by atoms with van der Waals surface area (Å²) in [5.74, 6) is 0.136. The van der Waals surface area contributed by atoms with Gasteiger partial charge in [0.05, 0.1) is 5.69 Å². The first kappa shape index (κ1) is 20.2. The molecule has 1 aliphatic rings. The lowest BCUT2D eigenvalue weighted by molar-refractivity contribution is -0.121. The maximum atomic E-state index is 11.8. The van der Waals surface area contributed by atoms with Crippen LogP contribution in [0.2, 0.25) is 0 Å². The molecule has 1 saturated heterocycles. The molecule has 2 N–H and O–H groups in total. The zero-order valence-corrected chi connectivity index (χ0v) is 14.6. The predicted octanol–water partition coefficient (Wildman–Crippen LogP) is 1.68. The highest BCUT2D eigenvalue weighted by Gasteiger charge is 2.15. The number of rotatable bonds is 5. The average Bonchev–Trinajstić information content (AvgIpc) is 2.96. The first-order valence-corrected chi connectivity index (χ1v) is 7.07. The standard InChI is InChI=1S/C14H24N4O.2ClH/c1-10-13(11(2)18(3)17-10)6-7-14(19)16-9-12-5-4-8-15-12;;/h12,15H,4-9H2,1-3H3,(H,16,19);2*1H. The van der Waals surface area contributed by atoms with Crippen LogP contribution in [-0.2, 0) is 18.3 Å². The molecule has 1 aliphatic heterocycles. The van der Waals surface area contributed by atoms with E-state index in [9.17, 15) is 4.79 Å². The number of nitrogens with zero attached hydrogens (tertiary/aromatic N) is 2. The van der Waals surface area contributed by atoms with Crippen molar-refractivity contribution in [1.29, 1.82) is 0 Å². The van der Waals surface area contributed by atoms with Gasteiger partial charge in [0.2, 0.25) is 5.91 Å². The molecule has 1 unspecified atom stereocenters. The van der Waals surface area contributed by atoms with E-state index in [2.05, 4.69) is 22.7 Å². The minimum absolute atomic E-state index is 0. The number of carbonyl (C=O) groups is 1. The fourth-order valence-corrected chi connectivity index (χ4v) is 2.67. The van der Waals surface area contributed by atoms with Crippen LogP contribution in [0.5, 0.6) is 0 Å². The minimum atomic E-state index is 0. The van der Waals surface area contributed by atoms with Crippen LogP contribution in [0.4, 0.5) is 0 Å². The van der Waals surface area contributed by atoms with E-state index in [1.54, 1.807) is 0 Å². The summed E-state index contributed by atoms with van der Waals surface area (Å²) in [6.45, 7) is 5.89. The van der Waals surface area contributed by atoms with E-state index in [1.807, 2.05) is 18.7 Å². The summed E-state index contributed by atoms with van der Waals surface area (Å²) in [6, 6.07) is 0.464. The van der Waals surface area contributed by atoms with Crippen molar-refractivity contribution in [3.05, 3.63) is 17.0 Å². The Kier molecular flexibility index (Phi) is 8.94. The minimum Gasteiger partial charge on any atom is -0.355 e. The second-order valence-corrected chi connectivity index (χ2v) is 5.37. The Morgan fingerprint density at radius 2 is 2.14 bits per heavy atom. The van der Waals surface area contributed by atoms with Gasteiger partial charge in [0.1, 0.15) is 0 Å². The van der Waals surface area contributed by atoms with Crippen molar-refractivity contribution in [2.24, 2.45) is 7.05 Å². The van der Waals surface area contributed by atoms with Gasteiger partial charge in [0, 0.05) is 31.7 Å². The molecule has 0 aromatic carbocycles. The number of hydrogen-bond donors (Lipinski definition) is 2. The fourth-order valence-electron chi connectivity index (χ4n) is 2.67. The smallest absolute Gasteiger partial charge is 0.220 e. The Hall–Kier alpha value is -0.780. The predicted molar refractivity (Wildman–Crippen MR) is 89.5 cm³/mol. The quantitative estimate of drug-likeness (QED) is 0.860. The van der Waals surface area contributed by atoms with E-state index >= 15 is 0 Å². The lowest BCUT2D eigenvalue weighted by Crippen LogP contribution is -2.37. The molecule has 0 spiro atoms. The van der Waals surface area contributed by atoms with E-state index < -0.39 is 0 Å². The second-order valence-electron chi connectivity index (χ2n) is 5.37. The van der Waals surface area contributed by atoms with Crippen molar-refractivity contribution in [2.45, 2.75) is 45.6 Å². The van der Waals surface area contributed by atoms with Crippen LogP contribution in [0.3, 0.4) is 0 Å². The molecule has 1 aromatic heterocycles. The zero-order valence-electron chi connectivity index (χ0n) is 12.9. The summed E-state index contributed by atoms with van der Waals surface area (Å²) in [6.07, 6.45) is 3.70. The Morgan fingerprint density at radius 1 is 1.43 bits per heavy atom. The molecular formula is C14H26Cl2N4O. The average molecular weight is 337 g/mol. The summed E-state index contributed by atoms with van der Waals surface area (Å²) in [5.41, 5.74) is 3.39. The van der Waals surface area contributed by atoms with Gasteiger partial charge in [-0.3, -0.25) is 9.48 Å². The maximum absolute atomic E-state index is 11.8. The monoisotopic (exact) mass is 336 g/mol. The van der Waals surface area contributed by atoms with Gasteiger partial charge in [-0.2, -0.15) is 5.10 Å². The van der Waals surface area contributed by atoms with E-state index in [0.717, 1.165) is 30.9 Å². The first-order chi connectivity index (χ1) is 9.08.